The zero-order valence-electron chi connectivity index (χ0n) is 11.1. The molecule has 0 spiro atoms. The summed E-state index contributed by atoms with van der Waals surface area (Å²) in [6, 6.07) is 3.45. The largest absolute Gasteiger partial charge is 0.345 e. The lowest BCUT2D eigenvalue weighted by Crippen LogP contribution is -2.42. The number of nitrogens with one attached hydrogen (secondary N) is 2. The summed E-state index contributed by atoms with van der Waals surface area (Å²) in [4.78, 5) is 12.7. The maximum atomic E-state index is 13.5. The fourth-order valence-corrected chi connectivity index (χ4v) is 3.12. The summed E-state index contributed by atoms with van der Waals surface area (Å²) in [5, 5.41) is 0. The second kappa shape index (κ2) is 6.15. The highest BCUT2D eigenvalue weighted by Gasteiger charge is 2.21. The molecule has 2 N–H and O–H groups in total. The number of aromatic nitrogens is 1. The number of nitrogens with zero attached hydrogens (tertiary/aromatic N) is 1. The van der Waals surface area contributed by atoms with Crippen LogP contribution in [0.2, 0.25) is 0 Å². The minimum absolute atomic E-state index is 0.161. The second-order valence-electron chi connectivity index (χ2n) is 4.29. The maximum Gasteiger partial charge on any atom is 0.282 e. The van der Waals surface area contributed by atoms with Gasteiger partial charge in [-0.1, -0.05) is 0 Å². The topological polar surface area (TPSA) is 80.2 Å². The van der Waals surface area contributed by atoms with Crippen molar-refractivity contribution in [2.45, 2.75) is 4.90 Å². The molecule has 2 rings (SSSR count). The minimum Gasteiger partial charge on any atom is -0.345 e. The lowest BCUT2D eigenvalue weighted by atomic mass is 10.3. The third kappa shape index (κ3) is 3.51. The van der Waals surface area contributed by atoms with Crippen LogP contribution in [0.15, 0.2) is 39.8 Å². The van der Waals surface area contributed by atoms with Crippen LogP contribution < -0.4 is 10.3 Å². The van der Waals surface area contributed by atoms with Crippen molar-refractivity contribution in [2.24, 2.45) is 7.05 Å². The van der Waals surface area contributed by atoms with Crippen molar-refractivity contribution < 1.29 is 22.0 Å². The van der Waals surface area contributed by atoms with Crippen LogP contribution >= 0.6 is 15.9 Å². The monoisotopic (exact) mass is 393 g/mol. The molecule has 0 saturated carbocycles. The number of benzene rings is 1. The molecule has 0 fully saturated rings. The summed E-state index contributed by atoms with van der Waals surface area (Å²) in [6.45, 7) is 0. The number of sulfonamides is 1. The molecule has 6 nitrogen and oxygen atoms in total. The van der Waals surface area contributed by atoms with Gasteiger partial charge < -0.3 is 4.57 Å². The summed E-state index contributed by atoms with van der Waals surface area (Å²) in [6.07, 6.45) is 1.59. The van der Waals surface area contributed by atoms with E-state index in [1.165, 1.54) is 10.6 Å². The van der Waals surface area contributed by atoms with Crippen molar-refractivity contribution in [1.82, 2.24) is 14.8 Å². The van der Waals surface area contributed by atoms with Crippen LogP contribution in [0.3, 0.4) is 0 Å². The zero-order chi connectivity index (χ0) is 16.5. The first kappa shape index (κ1) is 16.6. The fraction of sp³-hybridized carbons (Fsp3) is 0.0833. The molecule has 22 heavy (non-hydrogen) atoms. The Kier molecular flexibility index (Phi) is 4.63. The fourth-order valence-electron chi connectivity index (χ4n) is 1.67. The molecule has 118 valence electrons. The first-order chi connectivity index (χ1) is 10.2. The van der Waals surface area contributed by atoms with Gasteiger partial charge in [0, 0.05) is 17.7 Å². The van der Waals surface area contributed by atoms with Crippen LogP contribution in [-0.4, -0.2) is 18.9 Å². The van der Waals surface area contributed by atoms with Crippen molar-refractivity contribution in [3.05, 3.63) is 52.3 Å². The van der Waals surface area contributed by atoms with E-state index in [1.54, 1.807) is 18.1 Å². The Hall–Kier alpha value is -1.78. The lowest BCUT2D eigenvalue weighted by molar-refractivity contribution is 0.0937. The Balaban J connectivity index is 2.18. The van der Waals surface area contributed by atoms with E-state index >= 15 is 0 Å². The molecule has 1 amide bonds. The average molecular weight is 394 g/mol. The molecule has 10 heteroatoms. The van der Waals surface area contributed by atoms with Crippen molar-refractivity contribution >= 4 is 31.9 Å². The minimum atomic E-state index is -4.44. The van der Waals surface area contributed by atoms with E-state index in [0.717, 1.165) is 6.07 Å². The van der Waals surface area contributed by atoms with E-state index in [0.29, 0.717) is 16.6 Å². The Bertz CT molecular complexity index is 836. The molecule has 1 aromatic heterocycles. The van der Waals surface area contributed by atoms with Gasteiger partial charge >= 0.3 is 0 Å². The summed E-state index contributed by atoms with van der Waals surface area (Å²) in [7, 11) is -2.86. The molecule has 1 heterocycles. The quantitative estimate of drug-likeness (QED) is 0.775. The molecule has 2 aromatic rings. The second-order valence-corrected chi connectivity index (χ2v) is 6.86. The van der Waals surface area contributed by atoms with Gasteiger partial charge in [-0.2, -0.15) is 0 Å². The molecular weight excluding hydrogens is 384 g/mol. The van der Waals surface area contributed by atoms with Crippen molar-refractivity contribution in [3.8, 4) is 0 Å². The third-order valence-corrected chi connectivity index (χ3v) is 4.38. The smallest absolute Gasteiger partial charge is 0.282 e. The van der Waals surface area contributed by atoms with E-state index < -0.39 is 32.5 Å². The summed E-state index contributed by atoms with van der Waals surface area (Å²) >= 11 is 3.17. The Morgan fingerprint density at radius 3 is 2.55 bits per heavy atom. The van der Waals surface area contributed by atoms with E-state index in [-0.39, 0.29) is 5.69 Å². The van der Waals surface area contributed by atoms with Gasteiger partial charge in [0.25, 0.3) is 15.9 Å². The Labute approximate surface area is 133 Å². The van der Waals surface area contributed by atoms with Gasteiger partial charge in [-0.3, -0.25) is 10.2 Å². The van der Waals surface area contributed by atoms with Crippen LogP contribution in [0, 0.1) is 11.6 Å². The van der Waals surface area contributed by atoms with E-state index in [1.807, 2.05) is 5.43 Å². The first-order valence-electron chi connectivity index (χ1n) is 5.80. The van der Waals surface area contributed by atoms with Gasteiger partial charge in [0.1, 0.15) is 22.2 Å². The third-order valence-electron chi connectivity index (χ3n) is 2.69. The highest BCUT2D eigenvalue weighted by atomic mass is 79.9. The highest BCUT2D eigenvalue weighted by molar-refractivity contribution is 9.10. The molecule has 0 radical (unpaired) electrons. The normalized spacial score (nSPS) is 11.5. The number of rotatable bonds is 4. The van der Waals surface area contributed by atoms with Crippen LogP contribution in [0.1, 0.15) is 10.5 Å². The van der Waals surface area contributed by atoms with E-state index in [2.05, 4.69) is 15.9 Å². The summed E-state index contributed by atoms with van der Waals surface area (Å²) in [5.74, 6) is -2.81. The number of amides is 1. The molecule has 0 aliphatic rings. The number of carbonyl (C=O) groups excluding carboxylic acids is 1. The predicted molar refractivity (Wildman–Crippen MR) is 77.3 cm³/mol. The molecule has 0 saturated heterocycles. The molecular formula is C12H10BrF2N3O3S. The van der Waals surface area contributed by atoms with Crippen molar-refractivity contribution in [2.75, 3.05) is 0 Å². The van der Waals surface area contributed by atoms with Gasteiger partial charge in [0.05, 0.1) is 0 Å². The van der Waals surface area contributed by atoms with Crippen molar-refractivity contribution in [3.63, 3.8) is 0 Å². The van der Waals surface area contributed by atoms with Crippen LogP contribution in [0.25, 0.3) is 0 Å². The Morgan fingerprint density at radius 1 is 1.27 bits per heavy atom. The van der Waals surface area contributed by atoms with Gasteiger partial charge in [-0.25, -0.2) is 17.2 Å². The summed E-state index contributed by atoms with van der Waals surface area (Å²) < 4.78 is 52.4. The maximum absolute atomic E-state index is 13.5. The molecule has 0 unspecified atom stereocenters. The SMILES string of the molecule is Cn1cc(Br)cc1C(=O)NNS(=O)(=O)c1cc(F)ccc1F. The van der Waals surface area contributed by atoms with E-state index in [4.69, 9.17) is 0 Å². The molecule has 0 atom stereocenters. The van der Waals surface area contributed by atoms with Crippen LogP contribution in [0.5, 0.6) is 0 Å². The number of aryl methyl sites for hydroxylation is 1. The number of halogens is 3. The van der Waals surface area contributed by atoms with Gasteiger partial charge in [-0.05, 0) is 40.2 Å². The molecule has 0 bridgehead atoms. The number of hydrogen-bond acceptors (Lipinski definition) is 3. The van der Waals surface area contributed by atoms with Gasteiger partial charge in [0.15, 0.2) is 0 Å². The summed E-state index contributed by atoms with van der Waals surface area (Å²) in [5.41, 5.74) is 2.09. The number of carbonyl (C=O) groups is 1. The molecule has 1 aromatic carbocycles. The zero-order valence-corrected chi connectivity index (χ0v) is 13.5. The molecule has 0 aliphatic carbocycles. The standard InChI is InChI=1S/C12H10BrF2N3O3S/c1-18-6-7(13)4-10(18)12(19)16-17-22(20,21)11-5-8(14)2-3-9(11)15/h2-6,17H,1H3,(H,16,19). The highest BCUT2D eigenvalue weighted by Crippen LogP contribution is 2.16. The van der Waals surface area contributed by atoms with Crippen molar-refractivity contribution in [1.29, 1.82) is 0 Å². The van der Waals surface area contributed by atoms with Gasteiger partial charge in [0.2, 0.25) is 0 Å². The van der Waals surface area contributed by atoms with E-state index in [9.17, 15) is 22.0 Å². The molecule has 0 aliphatic heterocycles. The average Bonchev–Trinajstić information content (AvgIpc) is 2.78. The lowest BCUT2D eigenvalue weighted by Gasteiger charge is -2.09. The number of hydrazine groups is 1. The van der Waals surface area contributed by atoms with Crippen LogP contribution in [-0.2, 0) is 17.1 Å². The predicted octanol–water partition coefficient (Wildman–Crippen LogP) is 1.69. The Morgan fingerprint density at radius 2 is 1.95 bits per heavy atom. The van der Waals surface area contributed by atoms with Crippen LogP contribution in [0.4, 0.5) is 8.78 Å². The first-order valence-corrected chi connectivity index (χ1v) is 8.07. The number of hydrogen-bond donors (Lipinski definition) is 2. The van der Waals surface area contributed by atoms with Gasteiger partial charge in [-0.15, -0.1) is 4.83 Å².